The number of nitrogens with zero attached hydrogens (tertiary/aromatic N) is 3. The third-order valence-electron chi connectivity index (χ3n) is 6.95. The maximum Gasteiger partial charge on any atom is 3.00 e. The van der Waals surface area contributed by atoms with Crippen molar-refractivity contribution in [2.45, 2.75) is 0 Å². The molecule has 0 atom stereocenters. The second-order valence-electron chi connectivity index (χ2n) is 10.6. The maximum atomic E-state index is 11.8. The summed E-state index contributed by atoms with van der Waals surface area (Å²) in [5.41, 5.74) is 3.62. The number of carbonyl (C=O) groups excluding carboxylic acids is 2. The van der Waals surface area contributed by atoms with E-state index in [4.69, 9.17) is 24.8 Å². The van der Waals surface area contributed by atoms with Crippen LogP contribution in [0.4, 0.5) is 0 Å². The molecule has 6 rings (SSSR count). The van der Waals surface area contributed by atoms with Gasteiger partial charge in [-0.3, -0.25) is 19.6 Å². The van der Waals surface area contributed by atoms with Gasteiger partial charge in [0, 0.05) is 35.7 Å². The van der Waals surface area contributed by atoms with Gasteiger partial charge in [-0.1, -0.05) is 133 Å². The van der Waals surface area contributed by atoms with E-state index < -0.39 is 5.09 Å². The Bertz CT molecular complexity index is 1980. The smallest absolute Gasteiger partial charge is 0.872 e. The van der Waals surface area contributed by atoms with Crippen LogP contribution in [0, 0.1) is 52.6 Å². The number of hydrogen-bond acceptors (Lipinski definition) is 11. The van der Waals surface area contributed by atoms with Gasteiger partial charge in [0.1, 0.15) is 11.5 Å². The number of ether oxygens (including phenoxy) is 2. The van der Waals surface area contributed by atoms with Crippen molar-refractivity contribution < 1.29 is 71.7 Å². The first-order valence-electron chi connectivity index (χ1n) is 16.0. The summed E-state index contributed by atoms with van der Waals surface area (Å²) in [6.45, 7) is 0. The molecule has 0 spiro atoms. The molecule has 2 heterocycles. The minimum atomic E-state index is -1.75. The van der Waals surface area contributed by atoms with Gasteiger partial charge in [0.2, 0.25) is 0 Å². The van der Waals surface area contributed by atoms with Crippen LogP contribution in [0.3, 0.4) is 0 Å². The van der Waals surface area contributed by atoms with Gasteiger partial charge < -0.3 is 35.0 Å². The summed E-state index contributed by atoms with van der Waals surface area (Å²) in [7, 11) is 3.25. The van der Waals surface area contributed by atoms with Gasteiger partial charge in [-0.25, -0.2) is 0 Å². The molecule has 2 aromatic heterocycles. The van der Waals surface area contributed by atoms with Crippen LogP contribution in [0.1, 0.15) is 31.8 Å². The zero-order chi connectivity index (χ0) is 39.1. The van der Waals surface area contributed by atoms with Crippen LogP contribution in [-0.2, 0) is 0 Å². The molecule has 12 nitrogen and oxygen atoms in total. The average molecular weight is 892 g/mol. The molecule has 55 heavy (non-hydrogen) atoms. The predicted molar refractivity (Wildman–Crippen MR) is 201 cm³/mol. The Labute approximate surface area is 347 Å². The summed E-state index contributed by atoms with van der Waals surface area (Å²) in [4.78, 5) is 40.2. The average Bonchev–Trinajstić information content (AvgIpc) is 3.22. The molecule has 283 valence electrons. The summed E-state index contributed by atoms with van der Waals surface area (Å²) < 4.78 is 10.3. The van der Waals surface area contributed by atoms with E-state index >= 15 is 0 Å². The summed E-state index contributed by atoms with van der Waals surface area (Å²) in [6.07, 6.45) is 5.64. The van der Waals surface area contributed by atoms with Crippen LogP contribution in [0.5, 0.6) is 11.5 Å². The molecular formula is C42H34ErN3O9. The summed E-state index contributed by atoms with van der Waals surface area (Å²) >= 11 is 0. The van der Waals surface area contributed by atoms with Crippen molar-refractivity contribution in [3.05, 3.63) is 208 Å². The third-order valence-corrected chi connectivity index (χ3v) is 6.95. The fraction of sp³-hybridized carbons (Fsp3) is 0.0476. The maximum absolute atomic E-state index is 11.8. The van der Waals surface area contributed by atoms with Crippen LogP contribution in [0.2, 0.25) is 0 Å². The minimum Gasteiger partial charge on any atom is -0.872 e. The standard InChI is InChI=1S/2C15H12O2.C12H12N2O2.Er.NO3/c2*16-14(12-7-3-1-4-8-12)11-15(17)13-9-5-2-6-10-13;1-15-9-3-5-13-11(7-9)12-8-10(16-2)4-6-14-12;;2-1(3)4/h2*1-11,16H;3-8H,1-2H3;;/q;;;+3;-1/p-2/b2*14-11-;;;. The molecule has 0 aliphatic carbocycles. The molecule has 0 saturated carbocycles. The Kier molecular flexibility index (Phi) is 20.2. The van der Waals surface area contributed by atoms with Gasteiger partial charge in [0.05, 0.1) is 30.7 Å². The van der Waals surface area contributed by atoms with Crippen molar-refractivity contribution in [2.24, 2.45) is 0 Å². The number of methoxy groups -OCH3 is 2. The molecule has 0 bridgehead atoms. The number of pyridine rings is 2. The van der Waals surface area contributed by atoms with E-state index in [0.717, 1.165) is 35.0 Å². The second kappa shape index (κ2) is 24.8. The topological polar surface area (TPSA) is 191 Å². The molecule has 0 unspecified atom stereocenters. The first-order chi connectivity index (χ1) is 26.1. The van der Waals surface area contributed by atoms with Gasteiger partial charge in [-0.2, -0.15) is 0 Å². The first-order valence-corrected chi connectivity index (χ1v) is 16.0. The van der Waals surface area contributed by atoms with Gasteiger partial charge in [-0.15, -0.1) is 0 Å². The van der Waals surface area contributed by atoms with Crippen molar-refractivity contribution in [2.75, 3.05) is 14.2 Å². The Hall–Kier alpha value is -6.35. The zero-order valence-electron chi connectivity index (χ0n) is 29.5. The minimum absolute atomic E-state index is 0. The Morgan fingerprint density at radius 2 is 0.800 bits per heavy atom. The van der Waals surface area contributed by atoms with Crippen molar-refractivity contribution in [3.8, 4) is 22.9 Å². The number of aromatic nitrogens is 2. The van der Waals surface area contributed by atoms with Crippen molar-refractivity contribution >= 4 is 23.1 Å². The first kappa shape index (κ1) is 44.8. The monoisotopic (exact) mass is 890 g/mol. The molecule has 0 aliphatic heterocycles. The molecule has 0 amide bonds. The molecule has 13 heteroatoms. The van der Waals surface area contributed by atoms with Crippen LogP contribution in [0.25, 0.3) is 22.9 Å². The van der Waals surface area contributed by atoms with Gasteiger partial charge in [0.25, 0.3) is 0 Å². The van der Waals surface area contributed by atoms with Crippen molar-refractivity contribution in [3.63, 3.8) is 0 Å². The number of allylic oxidation sites excluding steroid dienone is 2. The summed E-state index contributed by atoms with van der Waals surface area (Å²) in [5, 5.41) is 38.3. The zero-order valence-corrected chi connectivity index (χ0v) is 31.3. The Morgan fingerprint density at radius 1 is 0.527 bits per heavy atom. The number of benzene rings is 4. The van der Waals surface area contributed by atoms with E-state index in [1.807, 2.05) is 36.4 Å². The third kappa shape index (κ3) is 16.5. The molecule has 0 aliphatic rings. The van der Waals surface area contributed by atoms with E-state index in [0.29, 0.717) is 22.3 Å². The molecule has 6 aromatic rings. The number of hydrogen-bond donors (Lipinski definition) is 0. The van der Waals surface area contributed by atoms with E-state index in [9.17, 15) is 19.8 Å². The normalized spacial score (nSPS) is 10.2. The van der Waals surface area contributed by atoms with Crippen LogP contribution >= 0.6 is 0 Å². The van der Waals surface area contributed by atoms with Crippen LogP contribution < -0.4 is 19.7 Å². The predicted octanol–water partition coefficient (Wildman–Crippen LogP) is 6.46. The fourth-order valence-corrected chi connectivity index (χ4v) is 4.34. The van der Waals surface area contributed by atoms with E-state index in [1.54, 1.807) is 136 Å². The van der Waals surface area contributed by atoms with E-state index in [-0.39, 0.29) is 60.4 Å². The molecular weight excluding hydrogens is 858 g/mol. The SMILES string of the molecule is COc1ccnc(-c2cc(OC)ccn2)c1.O=C(/C=C(\[O-])c1ccccc1)c1ccccc1.O=C(/C=C(\[O-])c1ccccc1)c1ccccc1.O=[N+]([O-])[O-].[Er+3]. The Balaban J connectivity index is 0.000000269. The van der Waals surface area contributed by atoms with Gasteiger partial charge in [-0.05, 0) is 35.4 Å². The van der Waals surface area contributed by atoms with Crippen molar-refractivity contribution in [1.82, 2.24) is 9.97 Å². The molecule has 0 saturated heterocycles. The van der Waals surface area contributed by atoms with Crippen molar-refractivity contribution in [1.29, 1.82) is 0 Å². The van der Waals surface area contributed by atoms with Crippen LogP contribution in [-0.4, -0.2) is 40.8 Å². The summed E-state index contributed by atoms with van der Waals surface area (Å²) in [6, 6.07) is 42.3. The van der Waals surface area contributed by atoms with Gasteiger partial charge in [0.15, 0.2) is 11.6 Å². The summed E-state index contributed by atoms with van der Waals surface area (Å²) in [5.74, 6) is 0.460. The molecule has 1 radical (unpaired) electrons. The van der Waals surface area contributed by atoms with E-state index in [2.05, 4.69) is 9.97 Å². The molecule has 0 N–H and O–H groups in total. The number of carbonyl (C=O) groups is 2. The molecule has 0 fully saturated rings. The van der Waals surface area contributed by atoms with Gasteiger partial charge >= 0.3 is 37.3 Å². The van der Waals surface area contributed by atoms with Crippen LogP contribution in [0.15, 0.2) is 170 Å². The number of rotatable bonds is 9. The van der Waals surface area contributed by atoms with E-state index in [1.165, 1.54) is 0 Å². The largest absolute Gasteiger partial charge is 3.00 e. The Morgan fingerprint density at radius 3 is 1.07 bits per heavy atom. The second-order valence-corrected chi connectivity index (χ2v) is 10.6. The molecule has 4 aromatic carbocycles. The number of ketones is 2. The quantitative estimate of drug-likeness (QED) is 0.0509. The fourth-order valence-electron chi connectivity index (χ4n) is 4.34.